The third-order valence-electron chi connectivity index (χ3n) is 2.08. The fourth-order valence-corrected chi connectivity index (χ4v) is 1.79. The maximum atomic E-state index is 8.61. The molecule has 12 heavy (non-hydrogen) atoms. The van der Waals surface area contributed by atoms with E-state index in [1.807, 2.05) is 12.1 Å². The molecule has 62 valence electrons. The standard InChI is InChI=1S/C9H9ClN2/c10-9-4-2-1-3-8(9)7(5-11)6-12/h9H,1-4H2. The molecule has 0 amide bonds. The van der Waals surface area contributed by atoms with Gasteiger partial charge in [-0.3, -0.25) is 0 Å². The molecular formula is C9H9ClN2. The second-order valence-electron chi connectivity index (χ2n) is 2.84. The molecule has 0 aromatic rings. The van der Waals surface area contributed by atoms with Crippen LogP contribution in [-0.4, -0.2) is 5.38 Å². The number of nitrogens with zero attached hydrogens (tertiary/aromatic N) is 2. The number of rotatable bonds is 0. The van der Waals surface area contributed by atoms with Gasteiger partial charge in [-0.25, -0.2) is 0 Å². The molecule has 0 radical (unpaired) electrons. The van der Waals surface area contributed by atoms with Crippen LogP contribution in [0.3, 0.4) is 0 Å². The number of nitriles is 2. The molecule has 1 fully saturated rings. The van der Waals surface area contributed by atoms with Gasteiger partial charge in [0.05, 0.1) is 5.38 Å². The minimum Gasteiger partial charge on any atom is -0.192 e. The van der Waals surface area contributed by atoms with Crippen molar-refractivity contribution in [1.82, 2.24) is 0 Å². The molecule has 3 heteroatoms. The van der Waals surface area contributed by atoms with E-state index < -0.39 is 0 Å². The smallest absolute Gasteiger partial charge is 0.130 e. The summed E-state index contributed by atoms with van der Waals surface area (Å²) < 4.78 is 0. The fourth-order valence-electron chi connectivity index (χ4n) is 1.42. The lowest BCUT2D eigenvalue weighted by atomic mass is 9.91. The normalized spacial score (nSPS) is 22.6. The molecule has 1 unspecified atom stereocenters. The van der Waals surface area contributed by atoms with Crippen LogP contribution in [0.2, 0.25) is 0 Å². The molecule has 0 heterocycles. The molecule has 1 atom stereocenters. The number of allylic oxidation sites excluding steroid dienone is 2. The maximum absolute atomic E-state index is 8.61. The zero-order chi connectivity index (χ0) is 8.97. The Kier molecular flexibility index (Phi) is 3.14. The van der Waals surface area contributed by atoms with Gasteiger partial charge < -0.3 is 0 Å². The van der Waals surface area contributed by atoms with E-state index in [1.165, 1.54) is 0 Å². The average Bonchev–Trinajstić information content (AvgIpc) is 2.10. The van der Waals surface area contributed by atoms with Gasteiger partial charge >= 0.3 is 0 Å². The minimum atomic E-state index is -0.0898. The molecule has 2 nitrogen and oxygen atoms in total. The quantitative estimate of drug-likeness (QED) is 0.425. The van der Waals surface area contributed by atoms with Crippen LogP contribution in [-0.2, 0) is 0 Å². The van der Waals surface area contributed by atoms with Crippen molar-refractivity contribution in [2.24, 2.45) is 0 Å². The highest BCUT2D eigenvalue weighted by Gasteiger charge is 2.19. The second-order valence-corrected chi connectivity index (χ2v) is 3.36. The van der Waals surface area contributed by atoms with Crippen molar-refractivity contribution in [2.45, 2.75) is 31.1 Å². The molecule has 0 spiro atoms. The molecule has 0 aromatic heterocycles. The molecule has 0 saturated heterocycles. The lowest BCUT2D eigenvalue weighted by Crippen LogP contribution is -2.11. The monoisotopic (exact) mass is 180 g/mol. The van der Waals surface area contributed by atoms with E-state index in [0.29, 0.717) is 0 Å². The third kappa shape index (κ3) is 1.78. The minimum absolute atomic E-state index is 0.0898. The SMILES string of the molecule is N#CC(C#N)=C1CCCCC1Cl. The summed E-state index contributed by atoms with van der Waals surface area (Å²) in [7, 11) is 0. The van der Waals surface area contributed by atoms with Crippen LogP contribution < -0.4 is 0 Å². The summed E-state index contributed by atoms with van der Waals surface area (Å²) in [6, 6.07) is 3.77. The Balaban J connectivity index is 2.92. The zero-order valence-corrected chi connectivity index (χ0v) is 7.43. The Morgan fingerprint density at radius 1 is 1.33 bits per heavy atom. The Morgan fingerprint density at radius 3 is 2.50 bits per heavy atom. The van der Waals surface area contributed by atoms with E-state index in [9.17, 15) is 0 Å². The van der Waals surface area contributed by atoms with Crippen molar-refractivity contribution in [1.29, 1.82) is 10.5 Å². The molecule has 0 aromatic carbocycles. The van der Waals surface area contributed by atoms with Gasteiger partial charge in [0.2, 0.25) is 0 Å². The Morgan fingerprint density at radius 2 is 2.00 bits per heavy atom. The van der Waals surface area contributed by atoms with Crippen molar-refractivity contribution in [3.8, 4) is 12.1 Å². The van der Waals surface area contributed by atoms with Crippen molar-refractivity contribution < 1.29 is 0 Å². The molecule has 0 bridgehead atoms. The highest BCUT2D eigenvalue weighted by Crippen LogP contribution is 2.29. The van der Waals surface area contributed by atoms with Crippen LogP contribution in [0.25, 0.3) is 0 Å². The van der Waals surface area contributed by atoms with Gasteiger partial charge in [-0.1, -0.05) is 6.42 Å². The first kappa shape index (κ1) is 9.10. The van der Waals surface area contributed by atoms with Crippen LogP contribution >= 0.6 is 11.6 Å². The van der Waals surface area contributed by atoms with Crippen molar-refractivity contribution in [3.05, 3.63) is 11.1 Å². The van der Waals surface area contributed by atoms with Gasteiger partial charge in [0.1, 0.15) is 17.7 Å². The first-order valence-electron chi connectivity index (χ1n) is 3.97. The number of halogens is 1. The summed E-state index contributed by atoms with van der Waals surface area (Å²) in [4.78, 5) is 0. The van der Waals surface area contributed by atoms with Gasteiger partial charge in [0, 0.05) is 0 Å². The number of hydrogen-bond donors (Lipinski definition) is 0. The van der Waals surface area contributed by atoms with Crippen molar-refractivity contribution >= 4 is 11.6 Å². The Hall–Kier alpha value is -0.990. The molecule has 1 rings (SSSR count). The maximum Gasteiger partial charge on any atom is 0.130 e. The van der Waals surface area contributed by atoms with Gasteiger partial charge in [0.25, 0.3) is 0 Å². The number of hydrogen-bond acceptors (Lipinski definition) is 2. The van der Waals surface area contributed by atoms with Crippen LogP contribution in [0.1, 0.15) is 25.7 Å². The Bertz CT molecular complexity index is 264. The summed E-state index contributed by atoms with van der Waals surface area (Å²) in [5, 5.41) is 17.1. The average molecular weight is 181 g/mol. The topological polar surface area (TPSA) is 47.6 Å². The van der Waals surface area contributed by atoms with Crippen LogP contribution in [0.4, 0.5) is 0 Å². The summed E-state index contributed by atoms with van der Waals surface area (Å²) in [6.45, 7) is 0. The van der Waals surface area contributed by atoms with E-state index in [-0.39, 0.29) is 11.0 Å². The lowest BCUT2D eigenvalue weighted by Gasteiger charge is -2.19. The van der Waals surface area contributed by atoms with Crippen LogP contribution in [0, 0.1) is 22.7 Å². The summed E-state index contributed by atoms with van der Waals surface area (Å²) in [5.41, 5.74) is 1.06. The first-order valence-corrected chi connectivity index (χ1v) is 4.40. The molecule has 1 aliphatic rings. The molecule has 1 aliphatic carbocycles. The van der Waals surface area contributed by atoms with Gasteiger partial charge in [-0.15, -0.1) is 11.6 Å². The fraction of sp³-hybridized carbons (Fsp3) is 0.556. The van der Waals surface area contributed by atoms with Gasteiger partial charge in [0.15, 0.2) is 0 Å². The van der Waals surface area contributed by atoms with Crippen molar-refractivity contribution in [2.75, 3.05) is 0 Å². The van der Waals surface area contributed by atoms with E-state index in [2.05, 4.69) is 0 Å². The number of alkyl halides is 1. The van der Waals surface area contributed by atoms with Gasteiger partial charge in [-0.05, 0) is 24.8 Å². The third-order valence-corrected chi connectivity index (χ3v) is 2.56. The molecular weight excluding hydrogens is 172 g/mol. The van der Waals surface area contributed by atoms with Crippen LogP contribution in [0.5, 0.6) is 0 Å². The highest BCUT2D eigenvalue weighted by atomic mass is 35.5. The first-order chi connectivity index (χ1) is 5.79. The summed E-state index contributed by atoms with van der Waals surface area (Å²) in [6.07, 6.45) is 3.85. The Labute approximate surface area is 77.1 Å². The lowest BCUT2D eigenvalue weighted by molar-refractivity contribution is 0.602. The van der Waals surface area contributed by atoms with Gasteiger partial charge in [-0.2, -0.15) is 10.5 Å². The van der Waals surface area contributed by atoms with E-state index in [0.717, 1.165) is 31.3 Å². The molecule has 0 aliphatic heterocycles. The van der Waals surface area contributed by atoms with E-state index in [1.54, 1.807) is 0 Å². The predicted molar refractivity (Wildman–Crippen MR) is 46.4 cm³/mol. The largest absolute Gasteiger partial charge is 0.192 e. The highest BCUT2D eigenvalue weighted by molar-refractivity contribution is 6.22. The van der Waals surface area contributed by atoms with Crippen molar-refractivity contribution in [3.63, 3.8) is 0 Å². The van der Waals surface area contributed by atoms with Crippen LogP contribution in [0.15, 0.2) is 11.1 Å². The molecule has 0 N–H and O–H groups in total. The summed E-state index contributed by atoms with van der Waals surface area (Å²) >= 11 is 5.97. The predicted octanol–water partition coefficient (Wildman–Crippen LogP) is 2.51. The zero-order valence-electron chi connectivity index (χ0n) is 6.68. The second kappa shape index (κ2) is 4.14. The van der Waals surface area contributed by atoms with E-state index in [4.69, 9.17) is 22.1 Å². The summed E-state index contributed by atoms with van der Waals surface area (Å²) in [5.74, 6) is 0. The molecule has 1 saturated carbocycles. The van der Waals surface area contributed by atoms with E-state index >= 15 is 0 Å².